The second-order valence-corrected chi connectivity index (χ2v) is 6.48. The number of rotatable bonds is 2. The van der Waals surface area contributed by atoms with Gasteiger partial charge in [0.15, 0.2) is 11.5 Å². The highest BCUT2D eigenvalue weighted by atomic mass is 35.5. The second kappa shape index (κ2) is 3.89. The van der Waals surface area contributed by atoms with Crippen LogP contribution in [-0.4, -0.2) is 16.5 Å². The Morgan fingerprint density at radius 1 is 1.30 bits per heavy atom. The zero-order valence-corrected chi connectivity index (χ0v) is 11.7. The molecule has 0 saturated heterocycles. The fraction of sp³-hybridized carbons (Fsp3) is 0.417. The third kappa shape index (κ3) is 2.07. The summed E-state index contributed by atoms with van der Waals surface area (Å²) in [6, 6.07) is 3.97. The summed E-state index contributed by atoms with van der Waals surface area (Å²) >= 11 is 11.8. The number of nitrogens with one attached hydrogen (secondary N) is 1. The lowest BCUT2D eigenvalue weighted by Gasteiger charge is -2.12. The molecule has 108 valence electrons. The molecule has 0 unspecified atom stereocenters. The van der Waals surface area contributed by atoms with Crippen LogP contribution in [0.2, 0.25) is 0 Å². The molecular formula is C12H9Cl2F2NO3. The minimum atomic E-state index is -3.69. The van der Waals surface area contributed by atoms with Gasteiger partial charge in [0.05, 0.1) is 5.41 Å². The van der Waals surface area contributed by atoms with Gasteiger partial charge in [-0.3, -0.25) is 4.79 Å². The van der Waals surface area contributed by atoms with Gasteiger partial charge in [-0.05, 0) is 25.5 Å². The normalized spacial score (nSPS) is 28.1. The Morgan fingerprint density at radius 2 is 1.90 bits per heavy atom. The summed E-state index contributed by atoms with van der Waals surface area (Å²) in [6.07, 6.45) is -3.35. The van der Waals surface area contributed by atoms with Crippen LogP contribution < -0.4 is 14.8 Å². The smallest absolute Gasteiger partial charge is 0.395 e. The predicted octanol–water partition coefficient (Wildman–Crippen LogP) is 3.53. The molecule has 1 aliphatic carbocycles. The highest BCUT2D eigenvalue weighted by molar-refractivity contribution is 6.53. The first-order valence-electron chi connectivity index (χ1n) is 5.72. The van der Waals surface area contributed by atoms with Crippen molar-refractivity contribution in [2.45, 2.75) is 24.0 Å². The van der Waals surface area contributed by atoms with E-state index < -0.39 is 16.0 Å². The van der Waals surface area contributed by atoms with E-state index in [1.165, 1.54) is 18.2 Å². The quantitative estimate of drug-likeness (QED) is 0.847. The van der Waals surface area contributed by atoms with Gasteiger partial charge in [-0.15, -0.1) is 32.0 Å². The molecule has 4 nitrogen and oxygen atoms in total. The molecule has 2 aliphatic rings. The molecule has 1 atom stereocenters. The maximum Gasteiger partial charge on any atom is 0.586 e. The van der Waals surface area contributed by atoms with E-state index in [4.69, 9.17) is 23.2 Å². The molecule has 1 aromatic rings. The lowest BCUT2D eigenvalue weighted by molar-refractivity contribution is -0.286. The van der Waals surface area contributed by atoms with Crippen LogP contribution in [0.4, 0.5) is 14.5 Å². The number of ether oxygens (including phenoxy) is 2. The molecule has 0 radical (unpaired) electrons. The molecule has 1 saturated carbocycles. The Hall–Kier alpha value is -1.27. The van der Waals surface area contributed by atoms with E-state index in [-0.39, 0.29) is 17.4 Å². The van der Waals surface area contributed by atoms with Gasteiger partial charge in [0.2, 0.25) is 5.91 Å². The lowest BCUT2D eigenvalue weighted by atomic mass is 10.1. The summed E-state index contributed by atoms with van der Waals surface area (Å²) in [5, 5.41) is 2.57. The van der Waals surface area contributed by atoms with Crippen LogP contribution >= 0.6 is 23.2 Å². The third-order valence-corrected chi connectivity index (χ3v) is 4.52. The van der Waals surface area contributed by atoms with Gasteiger partial charge >= 0.3 is 6.29 Å². The number of halogens is 4. The van der Waals surface area contributed by atoms with Gasteiger partial charge < -0.3 is 14.8 Å². The Labute approximate surface area is 122 Å². The molecule has 3 rings (SSSR count). The van der Waals surface area contributed by atoms with Gasteiger partial charge in [0.25, 0.3) is 0 Å². The van der Waals surface area contributed by atoms with Crippen molar-refractivity contribution in [1.29, 1.82) is 0 Å². The topological polar surface area (TPSA) is 47.6 Å². The number of hydrogen-bond acceptors (Lipinski definition) is 3. The van der Waals surface area contributed by atoms with Crippen LogP contribution in [0, 0.1) is 5.41 Å². The lowest BCUT2D eigenvalue weighted by Crippen LogP contribution is -2.26. The van der Waals surface area contributed by atoms with Crippen molar-refractivity contribution in [3.8, 4) is 11.5 Å². The molecule has 0 bridgehead atoms. The van der Waals surface area contributed by atoms with Gasteiger partial charge in [0.1, 0.15) is 4.33 Å². The zero-order valence-electron chi connectivity index (χ0n) is 10.2. The van der Waals surface area contributed by atoms with Crippen molar-refractivity contribution in [3.05, 3.63) is 18.2 Å². The van der Waals surface area contributed by atoms with Crippen LogP contribution in [0.15, 0.2) is 18.2 Å². The maximum atomic E-state index is 12.9. The number of amides is 1. The second-order valence-electron chi connectivity index (χ2n) is 5.00. The number of fused-ring (bicyclic) bond motifs is 1. The standard InChI is InChI=1S/C12H9Cl2F2NO3/c1-10(5-11(10,13)14)9(18)17-6-2-3-7-8(4-6)20-12(15,16)19-7/h2-4H,5H2,1H3,(H,17,18)/t10-/m0/s1. The van der Waals surface area contributed by atoms with Gasteiger partial charge in [-0.1, -0.05) is 0 Å². The first-order valence-corrected chi connectivity index (χ1v) is 6.48. The zero-order chi connectivity index (χ0) is 14.8. The molecule has 1 N–H and O–H groups in total. The van der Waals surface area contributed by atoms with Crippen LogP contribution in [0.1, 0.15) is 13.3 Å². The van der Waals surface area contributed by atoms with Crippen molar-refractivity contribution in [3.63, 3.8) is 0 Å². The predicted molar refractivity (Wildman–Crippen MR) is 68.4 cm³/mol. The van der Waals surface area contributed by atoms with E-state index >= 15 is 0 Å². The van der Waals surface area contributed by atoms with E-state index in [2.05, 4.69) is 14.8 Å². The fourth-order valence-corrected chi connectivity index (χ4v) is 2.65. The molecular weight excluding hydrogens is 315 g/mol. The van der Waals surface area contributed by atoms with Crippen molar-refractivity contribution in [1.82, 2.24) is 0 Å². The summed E-state index contributed by atoms with van der Waals surface area (Å²) in [4.78, 5) is 12.0. The minimum Gasteiger partial charge on any atom is -0.395 e. The number of anilines is 1. The van der Waals surface area contributed by atoms with Crippen molar-refractivity contribution < 1.29 is 23.0 Å². The van der Waals surface area contributed by atoms with Crippen molar-refractivity contribution in [2.75, 3.05) is 5.32 Å². The first kappa shape index (κ1) is 13.7. The molecule has 1 heterocycles. The number of carbonyl (C=O) groups excluding carboxylic acids is 1. The van der Waals surface area contributed by atoms with E-state index in [1.807, 2.05) is 0 Å². The summed E-state index contributed by atoms with van der Waals surface area (Å²) < 4.78 is 33.2. The van der Waals surface area contributed by atoms with Crippen molar-refractivity contribution >= 4 is 34.8 Å². The Kier molecular flexibility index (Phi) is 2.66. The Morgan fingerprint density at radius 3 is 2.50 bits per heavy atom. The first-order chi connectivity index (χ1) is 9.13. The Balaban J connectivity index is 1.76. The highest BCUT2D eigenvalue weighted by Crippen LogP contribution is 2.64. The fourth-order valence-electron chi connectivity index (χ4n) is 1.94. The molecule has 1 aromatic carbocycles. The molecule has 0 aromatic heterocycles. The largest absolute Gasteiger partial charge is 0.586 e. The van der Waals surface area contributed by atoms with Crippen LogP contribution in [-0.2, 0) is 4.79 Å². The van der Waals surface area contributed by atoms with Crippen molar-refractivity contribution in [2.24, 2.45) is 5.41 Å². The molecule has 0 spiro atoms. The summed E-state index contributed by atoms with van der Waals surface area (Å²) in [5.74, 6) is -0.612. The van der Waals surface area contributed by atoms with E-state index in [1.54, 1.807) is 6.92 Å². The van der Waals surface area contributed by atoms with Crippen LogP contribution in [0.25, 0.3) is 0 Å². The van der Waals surface area contributed by atoms with Gasteiger partial charge in [-0.25, -0.2) is 0 Å². The average Bonchev–Trinajstić information content (AvgIpc) is 2.68. The van der Waals surface area contributed by atoms with Crippen LogP contribution in [0.3, 0.4) is 0 Å². The van der Waals surface area contributed by atoms with E-state index in [0.717, 1.165) is 0 Å². The summed E-state index contributed by atoms with van der Waals surface area (Å²) in [6.45, 7) is 1.63. The molecule has 1 fully saturated rings. The highest BCUT2D eigenvalue weighted by Gasteiger charge is 2.67. The molecule has 20 heavy (non-hydrogen) atoms. The van der Waals surface area contributed by atoms with Crippen LogP contribution in [0.5, 0.6) is 11.5 Å². The number of hydrogen-bond donors (Lipinski definition) is 1. The van der Waals surface area contributed by atoms with E-state index in [0.29, 0.717) is 12.1 Å². The summed E-state index contributed by atoms with van der Waals surface area (Å²) in [7, 11) is 0. The third-order valence-electron chi connectivity index (χ3n) is 3.42. The number of alkyl halides is 4. The summed E-state index contributed by atoms with van der Waals surface area (Å²) in [5.41, 5.74) is -0.594. The SMILES string of the molecule is C[C@@]1(C(=O)Nc2ccc3c(c2)OC(F)(F)O3)CC1(Cl)Cl. The molecule has 1 aliphatic heterocycles. The Bertz CT molecular complexity index is 608. The molecule has 1 amide bonds. The molecule has 8 heteroatoms. The number of carbonyl (C=O) groups is 1. The van der Waals surface area contributed by atoms with Gasteiger partial charge in [0, 0.05) is 11.8 Å². The monoisotopic (exact) mass is 323 g/mol. The minimum absolute atomic E-state index is 0.0883. The average molecular weight is 324 g/mol. The number of benzene rings is 1. The maximum absolute atomic E-state index is 12.9. The van der Waals surface area contributed by atoms with E-state index in [9.17, 15) is 13.6 Å². The van der Waals surface area contributed by atoms with Gasteiger partial charge in [-0.2, -0.15) is 0 Å².